The van der Waals surface area contributed by atoms with Crippen molar-refractivity contribution in [3.05, 3.63) is 11.6 Å². The lowest BCUT2D eigenvalue weighted by atomic mass is 9.43. The first-order valence-electron chi connectivity index (χ1n) is 11.3. The lowest BCUT2D eigenvalue weighted by Gasteiger charge is -2.63. The molecule has 0 heterocycles. The zero-order chi connectivity index (χ0) is 23.0. The van der Waals surface area contributed by atoms with E-state index in [2.05, 4.69) is 0 Å². The van der Waals surface area contributed by atoms with Gasteiger partial charge in [-0.2, -0.15) is 0 Å². The van der Waals surface area contributed by atoms with Crippen molar-refractivity contribution in [3.8, 4) is 0 Å². The van der Waals surface area contributed by atoms with Crippen molar-refractivity contribution in [2.45, 2.75) is 83.6 Å². The summed E-state index contributed by atoms with van der Waals surface area (Å²) < 4.78 is 22.0. The molecule has 0 saturated heterocycles. The Morgan fingerprint density at radius 2 is 1.90 bits per heavy atom. The highest BCUT2D eigenvalue weighted by Crippen LogP contribution is 2.70. The molecule has 0 spiro atoms. The average Bonchev–Trinajstić information content (AvgIpc) is 2.94. The Morgan fingerprint density at radius 3 is 2.55 bits per heavy atom. The van der Waals surface area contributed by atoms with Crippen LogP contribution in [0.5, 0.6) is 0 Å². The van der Waals surface area contributed by atoms with Crippen LogP contribution in [-0.2, 0) is 19.1 Å². The zero-order valence-electron chi connectivity index (χ0n) is 18.7. The first-order valence-corrected chi connectivity index (χ1v) is 11.3. The molecule has 172 valence electrons. The fraction of sp³-hybridized carbons (Fsp3) is 0.792. The minimum Gasteiger partial charge on any atom is -0.458 e. The summed E-state index contributed by atoms with van der Waals surface area (Å²) >= 11 is 0. The van der Waals surface area contributed by atoms with E-state index in [1.807, 2.05) is 6.92 Å². The summed E-state index contributed by atoms with van der Waals surface area (Å²) in [6.45, 7) is 6.06. The summed E-state index contributed by atoms with van der Waals surface area (Å²) in [5.74, 6) is -2.32. The molecule has 31 heavy (non-hydrogen) atoms. The second-order valence-electron chi connectivity index (χ2n) is 10.8. The van der Waals surface area contributed by atoms with Crippen molar-refractivity contribution < 1.29 is 33.7 Å². The van der Waals surface area contributed by atoms with Crippen LogP contribution in [-0.4, -0.2) is 51.7 Å². The number of ketones is 2. The van der Waals surface area contributed by atoms with Crippen LogP contribution < -0.4 is 0 Å². The third kappa shape index (κ3) is 2.78. The molecule has 2 N–H and O–H groups in total. The van der Waals surface area contributed by atoms with Crippen LogP contribution in [0.2, 0.25) is 0 Å². The lowest BCUT2D eigenvalue weighted by Crippen LogP contribution is -2.69. The molecule has 0 bridgehead atoms. The van der Waals surface area contributed by atoms with Gasteiger partial charge < -0.3 is 14.9 Å². The number of alkyl halides is 1. The topological polar surface area (TPSA) is 101 Å². The maximum absolute atomic E-state index is 17.1. The van der Waals surface area contributed by atoms with E-state index in [1.165, 1.54) is 6.92 Å². The average molecular weight is 437 g/mol. The number of aliphatic hydroxyl groups excluding tert-OH is 1. The highest BCUT2D eigenvalue weighted by Gasteiger charge is 2.74. The molecule has 7 heteroatoms. The summed E-state index contributed by atoms with van der Waals surface area (Å²) in [7, 11) is 0. The molecule has 4 aliphatic carbocycles. The second kappa shape index (κ2) is 6.95. The van der Waals surface area contributed by atoms with Gasteiger partial charge in [0.1, 0.15) is 11.3 Å². The fourth-order valence-corrected chi connectivity index (χ4v) is 7.64. The number of rotatable bonds is 3. The molecule has 4 rings (SSSR count). The van der Waals surface area contributed by atoms with E-state index in [0.717, 1.165) is 5.57 Å². The molecule has 6 nitrogen and oxygen atoms in total. The van der Waals surface area contributed by atoms with Crippen LogP contribution in [0.3, 0.4) is 0 Å². The molecule has 0 aromatic rings. The molecule has 3 saturated carbocycles. The maximum Gasteiger partial charge on any atom is 0.303 e. The number of hydrogen-bond donors (Lipinski definition) is 2. The standard InChI is InChI=1S/C24H33FO6/c1-13-10-21(3)15(9-18(13)27)5-6-17-16-7-8-23(30,20(29)12-31-14(2)26)22(16,4)11-19(28)24(17,21)25/h9,13,16-17,19,28,30H,5-8,10-12H2,1-4H3/t13-,16-,17+,19-,21+,22-,23+,24+/m1/s1. The molecule has 0 radical (unpaired) electrons. The largest absolute Gasteiger partial charge is 0.458 e. The minimum absolute atomic E-state index is 0.0102. The van der Waals surface area contributed by atoms with E-state index < -0.39 is 52.5 Å². The van der Waals surface area contributed by atoms with Gasteiger partial charge in [0, 0.05) is 29.6 Å². The van der Waals surface area contributed by atoms with Crippen molar-refractivity contribution in [2.24, 2.45) is 28.6 Å². The Labute approximate surface area is 182 Å². The number of carbonyl (C=O) groups excluding carboxylic acids is 3. The Bertz CT molecular complexity index is 868. The van der Waals surface area contributed by atoms with E-state index >= 15 is 4.39 Å². The quantitative estimate of drug-likeness (QED) is 0.660. The van der Waals surface area contributed by atoms with Crippen molar-refractivity contribution in [3.63, 3.8) is 0 Å². The van der Waals surface area contributed by atoms with Gasteiger partial charge in [-0.3, -0.25) is 14.4 Å². The molecule has 0 amide bonds. The van der Waals surface area contributed by atoms with Crippen molar-refractivity contribution in [1.29, 1.82) is 0 Å². The number of hydrogen-bond acceptors (Lipinski definition) is 6. The van der Waals surface area contributed by atoms with Gasteiger partial charge in [-0.25, -0.2) is 4.39 Å². The van der Waals surface area contributed by atoms with E-state index in [9.17, 15) is 24.6 Å². The van der Waals surface area contributed by atoms with E-state index in [4.69, 9.17) is 4.74 Å². The van der Waals surface area contributed by atoms with Crippen molar-refractivity contribution >= 4 is 17.5 Å². The van der Waals surface area contributed by atoms with Crippen molar-refractivity contribution in [1.82, 2.24) is 0 Å². The van der Waals surface area contributed by atoms with Crippen LogP contribution in [0, 0.1) is 28.6 Å². The molecular formula is C24H33FO6. The van der Waals surface area contributed by atoms with Gasteiger partial charge in [-0.15, -0.1) is 0 Å². The Kier molecular flexibility index (Phi) is 5.06. The molecular weight excluding hydrogens is 403 g/mol. The number of halogens is 1. The number of esters is 1. The summed E-state index contributed by atoms with van der Waals surface area (Å²) in [5.41, 5.74) is -4.90. The molecule has 0 unspecified atom stereocenters. The van der Waals surface area contributed by atoms with Crippen LogP contribution in [0.15, 0.2) is 11.6 Å². The number of ether oxygens (including phenoxy) is 1. The van der Waals surface area contributed by atoms with Crippen LogP contribution in [0.1, 0.15) is 66.2 Å². The number of allylic oxidation sites excluding steroid dienone is 1. The third-order valence-corrected chi connectivity index (χ3v) is 9.37. The zero-order valence-corrected chi connectivity index (χ0v) is 18.7. The van der Waals surface area contributed by atoms with Crippen LogP contribution in [0.25, 0.3) is 0 Å². The van der Waals surface area contributed by atoms with Gasteiger partial charge in [-0.05, 0) is 50.5 Å². The number of fused-ring (bicyclic) bond motifs is 5. The molecule has 3 fully saturated rings. The highest BCUT2D eigenvalue weighted by molar-refractivity contribution is 5.93. The molecule has 0 aromatic carbocycles. The van der Waals surface area contributed by atoms with E-state index in [-0.39, 0.29) is 30.5 Å². The number of aliphatic hydroxyl groups is 2. The van der Waals surface area contributed by atoms with Crippen molar-refractivity contribution in [2.75, 3.05) is 6.61 Å². The minimum atomic E-state index is -1.93. The van der Waals surface area contributed by atoms with Gasteiger partial charge in [0.25, 0.3) is 0 Å². The summed E-state index contributed by atoms with van der Waals surface area (Å²) in [4.78, 5) is 36.3. The van der Waals surface area contributed by atoms with Gasteiger partial charge in [-0.1, -0.05) is 26.3 Å². The Balaban J connectivity index is 1.72. The van der Waals surface area contributed by atoms with Gasteiger partial charge in [0.15, 0.2) is 12.4 Å². The number of Topliss-reactive ketones (excluding diaryl/α,β-unsaturated/α-hetero) is 1. The molecule has 0 aliphatic heterocycles. The second-order valence-corrected chi connectivity index (χ2v) is 10.8. The summed E-state index contributed by atoms with van der Waals surface area (Å²) in [6.07, 6.45) is 2.15. The normalized spacial score (nSPS) is 48.9. The monoisotopic (exact) mass is 436 g/mol. The molecule has 8 atom stereocenters. The lowest BCUT2D eigenvalue weighted by molar-refractivity contribution is -0.228. The molecule has 4 aliphatic rings. The maximum atomic E-state index is 17.1. The first kappa shape index (κ1) is 22.6. The van der Waals surface area contributed by atoms with Crippen LogP contribution in [0.4, 0.5) is 4.39 Å². The summed E-state index contributed by atoms with van der Waals surface area (Å²) in [5, 5.41) is 22.7. The fourth-order valence-electron chi connectivity index (χ4n) is 7.64. The van der Waals surface area contributed by atoms with Gasteiger partial charge in [0.05, 0.1) is 6.10 Å². The predicted molar refractivity (Wildman–Crippen MR) is 110 cm³/mol. The van der Waals surface area contributed by atoms with E-state index in [1.54, 1.807) is 19.9 Å². The predicted octanol–water partition coefficient (Wildman–Crippen LogP) is 2.69. The Hall–Kier alpha value is -1.60. The summed E-state index contributed by atoms with van der Waals surface area (Å²) in [6, 6.07) is 0. The van der Waals surface area contributed by atoms with Gasteiger partial charge >= 0.3 is 5.97 Å². The first-order chi connectivity index (χ1) is 14.3. The van der Waals surface area contributed by atoms with Gasteiger partial charge in [0.2, 0.25) is 5.78 Å². The Morgan fingerprint density at radius 1 is 1.23 bits per heavy atom. The highest BCUT2D eigenvalue weighted by atomic mass is 19.1. The van der Waals surface area contributed by atoms with E-state index in [0.29, 0.717) is 25.7 Å². The van der Waals surface area contributed by atoms with Crippen LogP contribution >= 0.6 is 0 Å². The number of carbonyl (C=O) groups is 3. The smallest absolute Gasteiger partial charge is 0.303 e. The third-order valence-electron chi connectivity index (χ3n) is 9.37. The molecule has 0 aromatic heterocycles. The SMILES string of the molecule is CC(=O)OCC(=O)[C@@]1(O)CC[C@@H]2[C@@H]3CCC4=CC(=O)[C@H](C)C[C@]4(C)[C@@]3(F)[C@H](O)C[C@]21C.